The fourth-order valence-electron chi connectivity index (χ4n) is 7.49. The Morgan fingerprint density at radius 1 is 0.373 bits per heavy atom. The minimum Gasteiger partial charge on any atom is -0.456 e. The number of hydrogen-bond acceptors (Lipinski definition) is 3. The Labute approximate surface area is 300 Å². The molecule has 240 valence electrons. The van der Waals surface area contributed by atoms with Crippen LogP contribution >= 0.6 is 11.3 Å². The fourth-order valence-corrected chi connectivity index (χ4v) is 8.58. The molecule has 2 aromatic heterocycles. The standard InChI is InChI=1S/C48H31NOS/c1-2-12-33(13-3-1)38-16-4-5-17-39(38)35-14-10-15-37(30-35)49(43-20-11-22-45-48(43)41-19-6-8-21-44(41)50-45)36-27-24-32(25-28-36)34-26-29-47-42(31-34)40-18-7-9-23-46(40)51-47/h1-31H. The van der Waals surface area contributed by atoms with E-state index < -0.39 is 0 Å². The van der Waals surface area contributed by atoms with E-state index in [0.717, 1.165) is 44.6 Å². The first-order chi connectivity index (χ1) is 25.3. The van der Waals surface area contributed by atoms with E-state index in [-0.39, 0.29) is 0 Å². The highest BCUT2D eigenvalue weighted by Gasteiger charge is 2.20. The molecule has 0 aliphatic carbocycles. The molecule has 0 unspecified atom stereocenters. The van der Waals surface area contributed by atoms with Crippen molar-refractivity contribution >= 4 is 70.5 Å². The molecule has 0 aliphatic heterocycles. The number of anilines is 3. The molecule has 8 aromatic carbocycles. The Bertz CT molecular complexity index is 2860. The third-order valence-corrected chi connectivity index (χ3v) is 11.0. The summed E-state index contributed by atoms with van der Waals surface area (Å²) in [6, 6.07) is 67.4. The lowest BCUT2D eigenvalue weighted by molar-refractivity contribution is 0.669. The van der Waals surface area contributed by atoms with Crippen LogP contribution in [0.4, 0.5) is 17.1 Å². The number of thiophene rings is 1. The molecule has 0 saturated heterocycles. The number of fused-ring (bicyclic) bond motifs is 6. The third-order valence-electron chi connectivity index (χ3n) is 9.88. The Kier molecular flexibility index (Phi) is 7.04. The summed E-state index contributed by atoms with van der Waals surface area (Å²) in [4.78, 5) is 2.37. The van der Waals surface area contributed by atoms with Crippen LogP contribution in [0.15, 0.2) is 192 Å². The molecule has 0 spiro atoms. The number of furan rings is 1. The van der Waals surface area contributed by atoms with Crippen molar-refractivity contribution in [2.45, 2.75) is 0 Å². The molecule has 0 aliphatic rings. The van der Waals surface area contributed by atoms with Crippen LogP contribution in [-0.2, 0) is 0 Å². The Hall–Kier alpha value is -6.42. The molecule has 3 heteroatoms. The molecule has 0 fully saturated rings. The molecule has 0 N–H and O–H groups in total. The smallest absolute Gasteiger partial charge is 0.137 e. The van der Waals surface area contributed by atoms with Crippen molar-refractivity contribution in [1.29, 1.82) is 0 Å². The van der Waals surface area contributed by atoms with Crippen molar-refractivity contribution < 1.29 is 4.42 Å². The monoisotopic (exact) mass is 669 g/mol. The van der Waals surface area contributed by atoms with Gasteiger partial charge in [-0.3, -0.25) is 0 Å². The number of hydrogen-bond donors (Lipinski definition) is 0. The summed E-state index contributed by atoms with van der Waals surface area (Å²) in [6.07, 6.45) is 0. The zero-order chi connectivity index (χ0) is 33.7. The summed E-state index contributed by atoms with van der Waals surface area (Å²) < 4.78 is 9.02. The predicted octanol–water partition coefficient (Wildman–Crippen LogP) is 14.4. The molecule has 10 aromatic rings. The van der Waals surface area contributed by atoms with E-state index in [9.17, 15) is 0 Å². The van der Waals surface area contributed by atoms with Gasteiger partial charge >= 0.3 is 0 Å². The van der Waals surface area contributed by atoms with Crippen LogP contribution in [0.1, 0.15) is 0 Å². The van der Waals surface area contributed by atoms with Crippen LogP contribution in [0.5, 0.6) is 0 Å². The van der Waals surface area contributed by atoms with Gasteiger partial charge in [0.1, 0.15) is 11.2 Å². The number of nitrogens with zero attached hydrogens (tertiary/aromatic N) is 1. The summed E-state index contributed by atoms with van der Waals surface area (Å²) in [6.45, 7) is 0. The van der Waals surface area contributed by atoms with Gasteiger partial charge in [0.15, 0.2) is 0 Å². The maximum absolute atomic E-state index is 6.38. The lowest BCUT2D eigenvalue weighted by atomic mass is 9.94. The van der Waals surface area contributed by atoms with Gasteiger partial charge in [0, 0.05) is 36.9 Å². The Morgan fingerprint density at radius 3 is 1.88 bits per heavy atom. The number of rotatable bonds is 6. The van der Waals surface area contributed by atoms with Gasteiger partial charge in [-0.1, -0.05) is 127 Å². The van der Waals surface area contributed by atoms with Crippen LogP contribution in [0.2, 0.25) is 0 Å². The van der Waals surface area contributed by atoms with Gasteiger partial charge in [-0.25, -0.2) is 0 Å². The fraction of sp³-hybridized carbons (Fsp3) is 0. The summed E-state index contributed by atoms with van der Waals surface area (Å²) in [5.74, 6) is 0. The topological polar surface area (TPSA) is 16.4 Å². The quantitative estimate of drug-likeness (QED) is 0.175. The lowest BCUT2D eigenvalue weighted by Gasteiger charge is -2.27. The van der Waals surface area contributed by atoms with Crippen molar-refractivity contribution in [1.82, 2.24) is 0 Å². The zero-order valence-electron chi connectivity index (χ0n) is 27.7. The molecule has 0 radical (unpaired) electrons. The zero-order valence-corrected chi connectivity index (χ0v) is 28.5. The lowest BCUT2D eigenvalue weighted by Crippen LogP contribution is -2.10. The molecular weight excluding hydrogens is 639 g/mol. The van der Waals surface area contributed by atoms with Gasteiger partial charge in [0.2, 0.25) is 0 Å². The molecule has 2 heterocycles. The van der Waals surface area contributed by atoms with E-state index in [1.54, 1.807) is 0 Å². The van der Waals surface area contributed by atoms with Crippen molar-refractivity contribution in [3.8, 4) is 33.4 Å². The minimum absolute atomic E-state index is 0.872. The largest absolute Gasteiger partial charge is 0.456 e. The second kappa shape index (κ2) is 12.2. The van der Waals surface area contributed by atoms with Crippen LogP contribution in [0.25, 0.3) is 75.5 Å². The van der Waals surface area contributed by atoms with Crippen molar-refractivity contribution in [3.63, 3.8) is 0 Å². The summed E-state index contributed by atoms with van der Waals surface area (Å²) in [7, 11) is 0. The average Bonchev–Trinajstić information content (AvgIpc) is 3.77. The van der Waals surface area contributed by atoms with Gasteiger partial charge < -0.3 is 9.32 Å². The highest BCUT2D eigenvalue weighted by molar-refractivity contribution is 7.25. The second-order valence-corrected chi connectivity index (χ2v) is 14.0. The van der Waals surface area contributed by atoms with Crippen LogP contribution in [0, 0.1) is 0 Å². The molecule has 0 saturated carbocycles. The number of para-hydroxylation sites is 1. The molecule has 51 heavy (non-hydrogen) atoms. The van der Waals surface area contributed by atoms with Gasteiger partial charge in [-0.2, -0.15) is 0 Å². The first kappa shape index (κ1) is 29.5. The average molecular weight is 670 g/mol. The minimum atomic E-state index is 0.872. The van der Waals surface area contributed by atoms with Gasteiger partial charge in [-0.15, -0.1) is 11.3 Å². The number of benzene rings is 8. The van der Waals surface area contributed by atoms with Crippen LogP contribution in [0.3, 0.4) is 0 Å². The first-order valence-corrected chi connectivity index (χ1v) is 18.1. The highest BCUT2D eigenvalue weighted by atomic mass is 32.1. The molecule has 10 rings (SSSR count). The van der Waals surface area contributed by atoms with Gasteiger partial charge in [-0.05, 0) is 94.0 Å². The predicted molar refractivity (Wildman–Crippen MR) is 218 cm³/mol. The van der Waals surface area contributed by atoms with E-state index in [4.69, 9.17) is 4.42 Å². The normalized spacial score (nSPS) is 11.5. The van der Waals surface area contributed by atoms with Crippen molar-refractivity contribution in [2.24, 2.45) is 0 Å². The molecule has 0 atom stereocenters. The maximum Gasteiger partial charge on any atom is 0.137 e. The third kappa shape index (κ3) is 5.10. The van der Waals surface area contributed by atoms with E-state index in [1.165, 1.54) is 48.0 Å². The highest BCUT2D eigenvalue weighted by Crippen LogP contribution is 2.45. The van der Waals surface area contributed by atoms with E-state index in [1.807, 2.05) is 23.5 Å². The van der Waals surface area contributed by atoms with Crippen molar-refractivity contribution in [2.75, 3.05) is 4.90 Å². The second-order valence-electron chi connectivity index (χ2n) is 12.9. The molecule has 2 nitrogen and oxygen atoms in total. The van der Waals surface area contributed by atoms with Crippen LogP contribution in [-0.4, -0.2) is 0 Å². The Morgan fingerprint density at radius 2 is 1.02 bits per heavy atom. The summed E-state index contributed by atoms with van der Waals surface area (Å²) in [5.41, 5.74) is 12.2. The SMILES string of the molecule is c1ccc(-c2ccccc2-c2cccc(N(c3ccc(-c4ccc5sc6ccccc6c5c4)cc3)c3cccc4oc5ccccc5c34)c2)cc1. The summed E-state index contributed by atoms with van der Waals surface area (Å²) in [5, 5.41) is 4.83. The van der Waals surface area contributed by atoms with E-state index in [2.05, 4.69) is 181 Å². The van der Waals surface area contributed by atoms with Crippen LogP contribution < -0.4 is 4.90 Å². The maximum atomic E-state index is 6.38. The van der Waals surface area contributed by atoms with Gasteiger partial charge in [0.25, 0.3) is 0 Å². The van der Waals surface area contributed by atoms with E-state index in [0.29, 0.717) is 0 Å². The molecule has 0 amide bonds. The first-order valence-electron chi connectivity index (χ1n) is 17.3. The summed E-state index contributed by atoms with van der Waals surface area (Å²) >= 11 is 1.85. The van der Waals surface area contributed by atoms with Gasteiger partial charge in [0.05, 0.1) is 11.1 Å². The molecular formula is C48H31NOS. The Balaban J connectivity index is 1.14. The van der Waals surface area contributed by atoms with Crippen molar-refractivity contribution in [3.05, 3.63) is 188 Å². The molecule has 0 bridgehead atoms. The van der Waals surface area contributed by atoms with E-state index >= 15 is 0 Å².